The van der Waals surface area contributed by atoms with Crippen LogP contribution >= 0.6 is 0 Å². The van der Waals surface area contributed by atoms with Crippen molar-refractivity contribution in [2.75, 3.05) is 12.4 Å². The van der Waals surface area contributed by atoms with Crippen LogP contribution in [0.1, 0.15) is 39.2 Å². The molecule has 0 bridgehead atoms. The van der Waals surface area contributed by atoms with Gasteiger partial charge in [0.1, 0.15) is 11.4 Å². The minimum Gasteiger partial charge on any atom is -0.495 e. The molecular formula is C16H20N2O3. The second-order valence-electron chi connectivity index (χ2n) is 6.24. The summed E-state index contributed by atoms with van der Waals surface area (Å²) in [4.78, 5) is 11.8. The summed E-state index contributed by atoms with van der Waals surface area (Å²) < 4.78 is 10.5. The van der Waals surface area contributed by atoms with Crippen molar-refractivity contribution in [3.05, 3.63) is 23.8 Å². The summed E-state index contributed by atoms with van der Waals surface area (Å²) in [6.45, 7) is 5.41. The average Bonchev–Trinajstić information content (AvgIpc) is 3.18. The van der Waals surface area contributed by atoms with Gasteiger partial charge in [-0.2, -0.15) is 5.26 Å². The third kappa shape index (κ3) is 3.46. The van der Waals surface area contributed by atoms with E-state index in [0.29, 0.717) is 11.4 Å². The van der Waals surface area contributed by atoms with Gasteiger partial charge in [-0.1, -0.05) is 6.07 Å². The summed E-state index contributed by atoms with van der Waals surface area (Å²) in [7, 11) is 1.53. The van der Waals surface area contributed by atoms with Crippen LogP contribution in [-0.2, 0) is 10.2 Å². The molecule has 1 aliphatic carbocycles. The number of rotatable bonds is 3. The fraction of sp³-hybridized carbons (Fsp3) is 0.500. The SMILES string of the molecule is COc1cc(C2(C#N)CC2)ccc1NC(=O)OC(C)(C)C. The van der Waals surface area contributed by atoms with Crippen molar-refractivity contribution in [2.24, 2.45) is 0 Å². The van der Waals surface area contributed by atoms with Crippen molar-refractivity contribution >= 4 is 11.8 Å². The van der Waals surface area contributed by atoms with Crippen molar-refractivity contribution in [3.63, 3.8) is 0 Å². The van der Waals surface area contributed by atoms with Crippen LogP contribution in [0.3, 0.4) is 0 Å². The molecule has 1 aromatic rings. The number of anilines is 1. The fourth-order valence-electron chi connectivity index (χ4n) is 2.10. The van der Waals surface area contributed by atoms with E-state index in [1.165, 1.54) is 7.11 Å². The largest absolute Gasteiger partial charge is 0.495 e. The number of carbonyl (C=O) groups excluding carboxylic acids is 1. The van der Waals surface area contributed by atoms with Gasteiger partial charge in [-0.25, -0.2) is 4.79 Å². The number of benzene rings is 1. The van der Waals surface area contributed by atoms with E-state index in [2.05, 4.69) is 11.4 Å². The normalized spacial score (nSPS) is 15.8. The van der Waals surface area contributed by atoms with Gasteiger partial charge in [-0.05, 0) is 51.3 Å². The average molecular weight is 288 g/mol. The van der Waals surface area contributed by atoms with Crippen LogP contribution in [0, 0.1) is 11.3 Å². The molecule has 0 heterocycles. The van der Waals surface area contributed by atoms with E-state index >= 15 is 0 Å². The highest BCUT2D eigenvalue weighted by atomic mass is 16.6. The first kappa shape index (κ1) is 15.2. The lowest BCUT2D eigenvalue weighted by Crippen LogP contribution is -2.27. The summed E-state index contributed by atoms with van der Waals surface area (Å²) in [6.07, 6.45) is 1.20. The lowest BCUT2D eigenvalue weighted by molar-refractivity contribution is 0.0635. The van der Waals surface area contributed by atoms with E-state index < -0.39 is 11.7 Å². The maximum Gasteiger partial charge on any atom is 0.412 e. The molecule has 1 aromatic carbocycles. The Morgan fingerprint density at radius 3 is 2.52 bits per heavy atom. The Labute approximate surface area is 124 Å². The molecule has 1 N–H and O–H groups in total. The second kappa shape index (κ2) is 5.28. The molecule has 0 atom stereocenters. The van der Waals surface area contributed by atoms with Crippen LogP contribution in [0.2, 0.25) is 0 Å². The van der Waals surface area contributed by atoms with Crippen LogP contribution in [-0.4, -0.2) is 18.8 Å². The lowest BCUT2D eigenvalue weighted by atomic mass is 9.97. The zero-order valence-electron chi connectivity index (χ0n) is 12.8. The van der Waals surface area contributed by atoms with E-state index in [0.717, 1.165) is 18.4 Å². The molecule has 1 aliphatic rings. The van der Waals surface area contributed by atoms with Crippen molar-refractivity contribution in [2.45, 2.75) is 44.6 Å². The van der Waals surface area contributed by atoms with Gasteiger partial charge in [0.25, 0.3) is 0 Å². The number of nitriles is 1. The number of amides is 1. The number of hydrogen-bond acceptors (Lipinski definition) is 4. The predicted molar refractivity (Wildman–Crippen MR) is 79.4 cm³/mol. The molecule has 1 saturated carbocycles. The molecule has 0 radical (unpaired) electrons. The van der Waals surface area contributed by atoms with Gasteiger partial charge in [-0.3, -0.25) is 5.32 Å². The molecule has 0 aromatic heterocycles. The molecule has 5 heteroatoms. The number of ether oxygens (including phenoxy) is 2. The van der Waals surface area contributed by atoms with Crippen LogP contribution in [0.4, 0.5) is 10.5 Å². The summed E-state index contributed by atoms with van der Waals surface area (Å²) in [5.74, 6) is 0.528. The van der Waals surface area contributed by atoms with Gasteiger partial charge in [-0.15, -0.1) is 0 Å². The quantitative estimate of drug-likeness (QED) is 0.922. The molecule has 0 spiro atoms. The molecule has 5 nitrogen and oxygen atoms in total. The maximum atomic E-state index is 11.8. The Balaban J connectivity index is 2.18. The predicted octanol–water partition coefficient (Wildman–Crippen LogP) is 3.60. The van der Waals surface area contributed by atoms with E-state index in [4.69, 9.17) is 9.47 Å². The molecule has 1 fully saturated rings. The van der Waals surface area contributed by atoms with Gasteiger partial charge in [0.15, 0.2) is 0 Å². The molecule has 0 aliphatic heterocycles. The highest BCUT2D eigenvalue weighted by Crippen LogP contribution is 2.48. The first-order valence-corrected chi connectivity index (χ1v) is 6.89. The minimum absolute atomic E-state index is 0.377. The van der Waals surface area contributed by atoms with Gasteiger partial charge in [0.05, 0.1) is 24.3 Å². The summed E-state index contributed by atoms with van der Waals surface area (Å²) in [5, 5.41) is 11.9. The Morgan fingerprint density at radius 2 is 2.05 bits per heavy atom. The molecule has 112 valence electrons. The topological polar surface area (TPSA) is 71.3 Å². The monoisotopic (exact) mass is 288 g/mol. The number of carbonyl (C=O) groups is 1. The molecule has 0 saturated heterocycles. The number of methoxy groups -OCH3 is 1. The molecule has 1 amide bonds. The highest BCUT2D eigenvalue weighted by Gasteiger charge is 2.45. The summed E-state index contributed by atoms with van der Waals surface area (Å²) in [6, 6.07) is 7.75. The zero-order valence-corrected chi connectivity index (χ0v) is 12.8. The molecule has 21 heavy (non-hydrogen) atoms. The smallest absolute Gasteiger partial charge is 0.412 e. The van der Waals surface area contributed by atoms with Gasteiger partial charge >= 0.3 is 6.09 Å². The molecular weight excluding hydrogens is 268 g/mol. The van der Waals surface area contributed by atoms with Crippen molar-refractivity contribution in [1.29, 1.82) is 5.26 Å². The Morgan fingerprint density at radius 1 is 1.38 bits per heavy atom. The maximum absolute atomic E-state index is 11.8. The lowest BCUT2D eigenvalue weighted by Gasteiger charge is -2.20. The fourth-order valence-corrected chi connectivity index (χ4v) is 2.10. The van der Waals surface area contributed by atoms with Crippen LogP contribution < -0.4 is 10.1 Å². The Kier molecular flexibility index (Phi) is 3.82. The van der Waals surface area contributed by atoms with Crippen LogP contribution in [0.15, 0.2) is 18.2 Å². The van der Waals surface area contributed by atoms with Crippen molar-refractivity contribution < 1.29 is 14.3 Å². The van der Waals surface area contributed by atoms with Gasteiger partial charge < -0.3 is 9.47 Å². The zero-order chi connectivity index (χ0) is 15.7. The van der Waals surface area contributed by atoms with E-state index in [1.807, 2.05) is 12.1 Å². The number of hydrogen-bond donors (Lipinski definition) is 1. The minimum atomic E-state index is -0.559. The first-order valence-electron chi connectivity index (χ1n) is 6.89. The number of nitrogens with one attached hydrogen (secondary N) is 1. The molecule has 0 unspecified atom stereocenters. The van der Waals surface area contributed by atoms with E-state index in [1.54, 1.807) is 26.8 Å². The Hall–Kier alpha value is -2.22. The van der Waals surface area contributed by atoms with Crippen molar-refractivity contribution in [3.8, 4) is 11.8 Å². The summed E-state index contributed by atoms with van der Waals surface area (Å²) in [5.41, 5.74) is 0.522. The Bertz CT molecular complexity index is 593. The second-order valence-corrected chi connectivity index (χ2v) is 6.24. The standard InChI is InChI=1S/C16H20N2O3/c1-15(2,3)21-14(19)18-12-6-5-11(9-13(12)20-4)16(10-17)7-8-16/h5-6,9H,7-8H2,1-4H3,(H,18,19). The third-order valence-corrected chi connectivity index (χ3v) is 3.35. The van der Waals surface area contributed by atoms with Gasteiger partial charge in [0, 0.05) is 0 Å². The van der Waals surface area contributed by atoms with E-state index in [9.17, 15) is 10.1 Å². The first-order chi connectivity index (χ1) is 9.79. The van der Waals surface area contributed by atoms with Crippen LogP contribution in [0.5, 0.6) is 5.75 Å². The molecule has 2 rings (SSSR count). The summed E-state index contributed by atoms with van der Waals surface area (Å²) >= 11 is 0. The van der Waals surface area contributed by atoms with Crippen molar-refractivity contribution in [1.82, 2.24) is 0 Å². The highest BCUT2D eigenvalue weighted by molar-refractivity contribution is 5.87. The van der Waals surface area contributed by atoms with Crippen LogP contribution in [0.25, 0.3) is 0 Å². The number of nitrogens with zero attached hydrogens (tertiary/aromatic N) is 1. The third-order valence-electron chi connectivity index (χ3n) is 3.35. The van der Waals surface area contributed by atoms with Gasteiger partial charge in [0.2, 0.25) is 0 Å². The van der Waals surface area contributed by atoms with E-state index in [-0.39, 0.29) is 5.41 Å².